The van der Waals surface area contributed by atoms with Gasteiger partial charge in [0, 0.05) is 21.0 Å². The monoisotopic (exact) mass is 567 g/mol. The highest BCUT2D eigenvalue weighted by atomic mass is 79.9. The zero-order chi connectivity index (χ0) is 25.8. The number of hydrogen-bond donors (Lipinski definition) is 1. The molecule has 1 atom stereocenters. The molecule has 0 unspecified atom stereocenters. The van der Waals surface area contributed by atoms with Gasteiger partial charge in [0.1, 0.15) is 18.2 Å². The van der Waals surface area contributed by atoms with Crippen molar-refractivity contribution in [1.82, 2.24) is 9.66 Å². The Morgan fingerprint density at radius 1 is 1.22 bits per heavy atom. The molecule has 36 heavy (non-hydrogen) atoms. The van der Waals surface area contributed by atoms with E-state index in [1.54, 1.807) is 42.5 Å². The Kier molecular flexibility index (Phi) is 7.86. The van der Waals surface area contributed by atoms with Gasteiger partial charge in [0.15, 0.2) is 0 Å². The van der Waals surface area contributed by atoms with E-state index in [0.717, 1.165) is 10.9 Å². The second-order valence-corrected chi connectivity index (χ2v) is 9.63. The number of nitrogens with zero attached hydrogens (tertiary/aromatic N) is 3. The predicted molar refractivity (Wildman–Crippen MR) is 145 cm³/mol. The first-order chi connectivity index (χ1) is 17.3. The number of carboxylic acid groups (broad SMARTS) is 1. The van der Waals surface area contributed by atoms with Crippen molar-refractivity contribution in [2.75, 3.05) is 0 Å². The van der Waals surface area contributed by atoms with E-state index in [2.05, 4.69) is 21.0 Å². The SMILES string of the molecule is CC[C@@H](C)c1nc2ccc(Br)cc2c(=O)n1N=Cc1cc(Cl)ccc1OCc1cccc(C(=O)O)c1. The second-order valence-electron chi connectivity index (χ2n) is 8.28. The normalized spacial score (nSPS) is 12.2. The minimum absolute atomic E-state index is 0.000472. The fraction of sp³-hybridized carbons (Fsp3) is 0.185. The Balaban J connectivity index is 1.72. The topological polar surface area (TPSA) is 93.8 Å². The van der Waals surface area contributed by atoms with Crippen molar-refractivity contribution in [3.63, 3.8) is 0 Å². The van der Waals surface area contributed by atoms with E-state index in [1.807, 2.05) is 26.0 Å². The number of carboxylic acids is 1. The number of ether oxygens (including phenoxy) is 1. The highest BCUT2D eigenvalue weighted by Crippen LogP contribution is 2.24. The Morgan fingerprint density at radius 3 is 2.78 bits per heavy atom. The molecule has 0 radical (unpaired) electrons. The zero-order valence-corrected chi connectivity index (χ0v) is 22.0. The molecule has 0 spiro atoms. The summed E-state index contributed by atoms with van der Waals surface area (Å²) in [5.41, 5.74) is 1.78. The number of aromatic nitrogens is 2. The van der Waals surface area contributed by atoms with Crippen LogP contribution >= 0.6 is 27.5 Å². The molecule has 7 nitrogen and oxygen atoms in total. The number of carbonyl (C=O) groups is 1. The first kappa shape index (κ1) is 25.6. The largest absolute Gasteiger partial charge is 0.488 e. The van der Waals surface area contributed by atoms with Crippen LogP contribution in [0.2, 0.25) is 5.02 Å². The lowest BCUT2D eigenvalue weighted by atomic mass is 10.1. The van der Waals surface area contributed by atoms with Crippen LogP contribution in [0.25, 0.3) is 10.9 Å². The Bertz CT molecular complexity index is 1530. The lowest BCUT2D eigenvalue weighted by Gasteiger charge is -2.14. The zero-order valence-electron chi connectivity index (χ0n) is 19.6. The summed E-state index contributed by atoms with van der Waals surface area (Å²) in [5, 5.41) is 14.7. The second kappa shape index (κ2) is 11.1. The van der Waals surface area contributed by atoms with E-state index in [-0.39, 0.29) is 23.6 Å². The number of rotatable bonds is 8. The lowest BCUT2D eigenvalue weighted by Crippen LogP contribution is -2.23. The number of hydrogen-bond acceptors (Lipinski definition) is 5. The van der Waals surface area contributed by atoms with Crippen molar-refractivity contribution in [2.45, 2.75) is 32.8 Å². The van der Waals surface area contributed by atoms with Gasteiger partial charge in [0.2, 0.25) is 0 Å². The third kappa shape index (κ3) is 5.66. The Morgan fingerprint density at radius 2 is 2.03 bits per heavy atom. The molecule has 0 amide bonds. The molecule has 4 aromatic rings. The first-order valence-electron chi connectivity index (χ1n) is 11.3. The Hall–Kier alpha value is -3.49. The summed E-state index contributed by atoms with van der Waals surface area (Å²) in [5.74, 6) is 0.0382. The molecule has 1 N–H and O–H groups in total. The molecule has 0 fully saturated rings. The Labute approximate surface area is 221 Å². The highest BCUT2D eigenvalue weighted by Gasteiger charge is 2.16. The van der Waals surface area contributed by atoms with Gasteiger partial charge in [0.05, 0.1) is 22.7 Å². The van der Waals surface area contributed by atoms with Crippen LogP contribution in [0.1, 0.15) is 53.5 Å². The molecule has 9 heteroatoms. The van der Waals surface area contributed by atoms with Gasteiger partial charge in [0.25, 0.3) is 5.56 Å². The van der Waals surface area contributed by atoms with Gasteiger partial charge in [-0.05, 0) is 60.5 Å². The van der Waals surface area contributed by atoms with Crippen molar-refractivity contribution in [3.8, 4) is 5.75 Å². The summed E-state index contributed by atoms with van der Waals surface area (Å²) in [6, 6.07) is 17.0. The summed E-state index contributed by atoms with van der Waals surface area (Å²) in [7, 11) is 0. The van der Waals surface area contributed by atoms with Gasteiger partial charge in [-0.2, -0.15) is 9.78 Å². The van der Waals surface area contributed by atoms with E-state index >= 15 is 0 Å². The maximum Gasteiger partial charge on any atom is 0.335 e. The number of benzene rings is 3. The summed E-state index contributed by atoms with van der Waals surface area (Å²) >= 11 is 9.65. The number of fused-ring (bicyclic) bond motifs is 1. The van der Waals surface area contributed by atoms with Crippen LogP contribution in [0.4, 0.5) is 0 Å². The van der Waals surface area contributed by atoms with E-state index < -0.39 is 5.97 Å². The molecule has 3 aromatic carbocycles. The van der Waals surface area contributed by atoms with Crippen molar-refractivity contribution < 1.29 is 14.6 Å². The summed E-state index contributed by atoms with van der Waals surface area (Å²) < 4.78 is 8.06. The van der Waals surface area contributed by atoms with Gasteiger partial charge in [-0.25, -0.2) is 9.78 Å². The van der Waals surface area contributed by atoms with Crippen molar-refractivity contribution in [2.24, 2.45) is 5.10 Å². The average Bonchev–Trinajstić information content (AvgIpc) is 2.87. The third-order valence-corrected chi connectivity index (χ3v) is 6.47. The fourth-order valence-electron chi connectivity index (χ4n) is 3.61. The van der Waals surface area contributed by atoms with Crippen molar-refractivity contribution >= 4 is 50.6 Å². The molecule has 4 rings (SSSR count). The van der Waals surface area contributed by atoms with E-state index in [9.17, 15) is 14.7 Å². The van der Waals surface area contributed by atoms with Gasteiger partial charge >= 0.3 is 5.97 Å². The van der Waals surface area contributed by atoms with E-state index in [1.165, 1.54) is 17.0 Å². The molecule has 0 saturated heterocycles. The summed E-state index contributed by atoms with van der Waals surface area (Å²) in [6.45, 7) is 4.17. The standard InChI is InChI=1S/C27H23BrClN3O4/c1-3-16(2)25-31-23-9-7-20(28)13-22(23)26(33)32(25)30-14-19-12-21(29)8-10-24(19)36-15-17-5-4-6-18(11-17)27(34)35/h4-14,16H,3,15H2,1-2H3,(H,34,35)/t16-/m1/s1. The molecule has 0 saturated carbocycles. The van der Waals surface area contributed by atoms with E-state index in [0.29, 0.717) is 38.6 Å². The highest BCUT2D eigenvalue weighted by molar-refractivity contribution is 9.10. The van der Waals surface area contributed by atoms with Crippen LogP contribution in [0.5, 0.6) is 5.75 Å². The molecule has 0 bridgehead atoms. The summed E-state index contributed by atoms with van der Waals surface area (Å²) in [6.07, 6.45) is 2.30. The van der Waals surface area contributed by atoms with Crippen LogP contribution < -0.4 is 10.3 Å². The molecule has 1 aromatic heterocycles. The van der Waals surface area contributed by atoms with Gasteiger partial charge in [-0.3, -0.25) is 4.79 Å². The quantitative estimate of drug-likeness (QED) is 0.245. The van der Waals surface area contributed by atoms with Crippen LogP contribution in [0, 0.1) is 0 Å². The van der Waals surface area contributed by atoms with Gasteiger partial charge in [-0.15, -0.1) is 0 Å². The lowest BCUT2D eigenvalue weighted by molar-refractivity contribution is 0.0696. The maximum atomic E-state index is 13.4. The minimum atomic E-state index is -1.00. The molecule has 0 aliphatic rings. The molecular weight excluding hydrogens is 546 g/mol. The first-order valence-corrected chi connectivity index (χ1v) is 12.4. The van der Waals surface area contributed by atoms with Crippen LogP contribution in [-0.2, 0) is 6.61 Å². The van der Waals surface area contributed by atoms with Crippen LogP contribution in [-0.4, -0.2) is 27.0 Å². The molecule has 0 aliphatic carbocycles. The van der Waals surface area contributed by atoms with Gasteiger partial charge in [-0.1, -0.05) is 53.5 Å². The molecule has 184 valence electrons. The molecular formula is C27H23BrClN3O4. The molecule has 0 aliphatic heterocycles. The number of aromatic carboxylic acids is 1. The van der Waals surface area contributed by atoms with Crippen LogP contribution in [0.3, 0.4) is 0 Å². The fourth-order valence-corrected chi connectivity index (χ4v) is 4.15. The predicted octanol–water partition coefficient (Wildman–Crippen LogP) is 6.49. The van der Waals surface area contributed by atoms with E-state index in [4.69, 9.17) is 21.3 Å². The van der Waals surface area contributed by atoms with Crippen molar-refractivity contribution in [1.29, 1.82) is 0 Å². The smallest absolute Gasteiger partial charge is 0.335 e. The minimum Gasteiger partial charge on any atom is -0.488 e. The number of halogens is 2. The molecule has 1 heterocycles. The maximum absolute atomic E-state index is 13.4. The third-order valence-electron chi connectivity index (χ3n) is 5.74. The summed E-state index contributed by atoms with van der Waals surface area (Å²) in [4.78, 5) is 29.4. The van der Waals surface area contributed by atoms with Crippen LogP contribution in [0.15, 0.2) is 75.0 Å². The van der Waals surface area contributed by atoms with Crippen molar-refractivity contribution in [3.05, 3.63) is 103 Å². The van der Waals surface area contributed by atoms with Gasteiger partial charge < -0.3 is 9.84 Å². The average molecular weight is 569 g/mol.